The molecule has 0 atom stereocenters. The number of methoxy groups -OCH3 is 2. The first-order valence-electron chi connectivity index (χ1n) is 19.5. The first-order chi connectivity index (χ1) is 31.4. The van der Waals surface area contributed by atoms with Gasteiger partial charge in [-0.1, -0.05) is 12.1 Å². The zero-order valence-electron chi connectivity index (χ0n) is 34.0. The van der Waals surface area contributed by atoms with Crippen molar-refractivity contribution in [2.75, 3.05) is 46.1 Å². The largest absolute Gasteiger partial charge is 0.497 e. The minimum atomic E-state index is -0.644. The fourth-order valence-electron chi connectivity index (χ4n) is 7.48. The zero-order valence-corrected chi connectivity index (χ0v) is 35.6. The number of aromatic amines is 6. The lowest BCUT2D eigenvalue weighted by atomic mass is 9.93. The number of rotatable bonds is 10. The number of nitrogens with one attached hydrogen (secondary N) is 12. The smallest absolute Gasteiger partial charge is 0.323 e. The van der Waals surface area contributed by atoms with Crippen molar-refractivity contribution in [3.8, 4) is 33.8 Å². The highest BCUT2D eigenvalue weighted by Crippen LogP contribution is 2.45. The van der Waals surface area contributed by atoms with E-state index in [-0.39, 0.29) is 32.6 Å². The van der Waals surface area contributed by atoms with Gasteiger partial charge in [0.15, 0.2) is 10.2 Å². The van der Waals surface area contributed by atoms with E-state index in [1.54, 1.807) is 86.0 Å². The highest BCUT2D eigenvalue weighted by Gasteiger charge is 2.25. The Balaban J connectivity index is 1.22. The topological polar surface area (TPSA) is 254 Å². The molecule has 9 rings (SSSR count). The van der Waals surface area contributed by atoms with E-state index in [1.807, 2.05) is 0 Å². The lowest BCUT2D eigenvalue weighted by Gasteiger charge is -2.20. The highest BCUT2D eigenvalue weighted by molar-refractivity contribution is 7.81. The maximum atomic E-state index is 13.9. The molecule has 3 heterocycles. The van der Waals surface area contributed by atoms with Gasteiger partial charge in [-0.05, 0) is 115 Å². The standard InChI is InChI=1S/C44H35FN12O6S2/c1-62-24-13-11-22(12-14-24)46-43(64)48-23-17-25(35-31(18-23)52-41(60)54-35)34-30(53-44(65)47-21-9-7-20(45)8-10-21)19-26(36-38(34)57-42(61)55-36)33-28(15-16-29-37(33)56-40(59)51-29)50-39(58)49-27-5-3-4-6-32(27)63-2/h3-19H,1-2H3,(H2,46,48,64)(H2,47,53,65)(H2,49,50,58)(H2,51,56,59)(H2,52,54,60)(H2,55,57,61). The maximum Gasteiger partial charge on any atom is 0.323 e. The summed E-state index contributed by atoms with van der Waals surface area (Å²) in [5.41, 5.74) is 4.13. The van der Waals surface area contributed by atoms with Crippen LogP contribution in [0.2, 0.25) is 0 Å². The van der Waals surface area contributed by atoms with E-state index in [4.69, 9.17) is 33.9 Å². The fraction of sp³-hybridized carbons (Fsp3) is 0.0455. The number of fused-ring (bicyclic) bond motifs is 3. The molecule has 18 nitrogen and oxygen atoms in total. The molecule has 0 saturated carbocycles. The Hall–Kier alpha value is -8.69. The maximum absolute atomic E-state index is 13.9. The number of ether oxygens (including phenoxy) is 2. The monoisotopic (exact) mass is 910 g/mol. The van der Waals surface area contributed by atoms with E-state index in [2.05, 4.69) is 61.8 Å². The van der Waals surface area contributed by atoms with Crippen LogP contribution < -0.4 is 58.4 Å². The molecule has 9 aromatic rings. The second kappa shape index (κ2) is 17.2. The second-order valence-corrected chi connectivity index (χ2v) is 15.2. The van der Waals surface area contributed by atoms with Crippen LogP contribution in [0.4, 0.5) is 43.3 Å². The van der Waals surface area contributed by atoms with Crippen LogP contribution in [0.15, 0.2) is 118 Å². The van der Waals surface area contributed by atoms with E-state index < -0.39 is 28.9 Å². The van der Waals surface area contributed by atoms with Crippen LogP contribution in [0.5, 0.6) is 11.5 Å². The van der Waals surface area contributed by atoms with E-state index in [0.717, 1.165) is 0 Å². The van der Waals surface area contributed by atoms with Crippen molar-refractivity contribution < 1.29 is 18.7 Å². The zero-order chi connectivity index (χ0) is 45.4. The molecule has 2 amide bonds. The summed E-state index contributed by atoms with van der Waals surface area (Å²) < 4.78 is 24.6. The van der Waals surface area contributed by atoms with Crippen LogP contribution in [0.3, 0.4) is 0 Å². The second-order valence-electron chi connectivity index (χ2n) is 14.4. The number of thiocarbonyl (C=S) groups is 2. The van der Waals surface area contributed by atoms with E-state index in [9.17, 15) is 23.6 Å². The van der Waals surface area contributed by atoms with E-state index in [1.165, 1.54) is 31.4 Å². The third-order valence-corrected chi connectivity index (χ3v) is 10.6. The molecule has 0 spiro atoms. The molecule has 0 saturated heterocycles. The van der Waals surface area contributed by atoms with Gasteiger partial charge in [0.25, 0.3) is 0 Å². The number of anilines is 6. The average Bonchev–Trinajstić information content (AvgIpc) is 3.98. The fourth-order valence-corrected chi connectivity index (χ4v) is 7.94. The van der Waals surface area contributed by atoms with Crippen LogP contribution in [0.25, 0.3) is 55.4 Å². The third kappa shape index (κ3) is 8.59. The molecule has 0 aliphatic carbocycles. The normalized spacial score (nSPS) is 11.1. The molecule has 21 heteroatoms. The highest BCUT2D eigenvalue weighted by atomic mass is 32.1. The number of para-hydroxylation sites is 2. The number of hydrogen-bond donors (Lipinski definition) is 12. The van der Waals surface area contributed by atoms with Gasteiger partial charge in [0.05, 0.1) is 64.4 Å². The summed E-state index contributed by atoms with van der Waals surface area (Å²) in [7, 11) is 3.05. The number of amides is 2. The molecule has 0 bridgehead atoms. The number of imidazole rings is 3. The predicted octanol–water partition coefficient (Wildman–Crippen LogP) is 7.95. The molecular formula is C44H35FN12O6S2. The number of H-pyrrole nitrogens is 6. The van der Waals surface area contributed by atoms with Crippen LogP contribution in [0, 0.1) is 5.82 Å². The van der Waals surface area contributed by atoms with E-state index >= 15 is 0 Å². The molecule has 0 unspecified atom stereocenters. The summed E-state index contributed by atoms with van der Waals surface area (Å²) in [6.07, 6.45) is 0. The first kappa shape index (κ1) is 41.7. The van der Waals surface area contributed by atoms with Crippen molar-refractivity contribution in [2.45, 2.75) is 0 Å². The average molecular weight is 911 g/mol. The molecule has 6 aromatic carbocycles. The van der Waals surface area contributed by atoms with Crippen LogP contribution in [0.1, 0.15) is 0 Å². The Bertz CT molecular complexity index is 3520. The Morgan fingerprint density at radius 2 is 1.08 bits per heavy atom. The summed E-state index contributed by atoms with van der Waals surface area (Å²) in [5, 5.41) is 18.6. The van der Waals surface area contributed by atoms with E-state index in [0.29, 0.717) is 78.6 Å². The SMILES string of the molecule is COc1ccc(NC(=S)Nc2cc(-c3c(NC(=S)Nc4ccc(F)cc4)cc(-c4c(NC(=O)Nc5ccccc5OC)ccc5[nH]c(=O)[nH]c45)c4[nH]c(=O)[nH]c34)c3[nH]c(=O)[nH]c3c2)cc1. The molecule has 3 aromatic heterocycles. The molecule has 0 fully saturated rings. The van der Waals surface area contributed by atoms with Gasteiger partial charge in [-0.3, -0.25) is 0 Å². The number of carbonyl (C=O) groups is 1. The molecule has 12 N–H and O–H groups in total. The quantitative estimate of drug-likeness (QED) is 0.0584. The molecule has 0 aliphatic heterocycles. The first-order valence-corrected chi connectivity index (χ1v) is 20.3. The van der Waals surface area contributed by atoms with Gasteiger partial charge in [-0.25, -0.2) is 23.6 Å². The number of urea groups is 1. The van der Waals surface area contributed by atoms with Gasteiger partial charge in [0.1, 0.15) is 17.3 Å². The number of halogens is 1. The van der Waals surface area contributed by atoms with Gasteiger partial charge < -0.3 is 71.3 Å². The van der Waals surface area contributed by atoms with Gasteiger partial charge >= 0.3 is 23.1 Å². The molecular weight excluding hydrogens is 876 g/mol. The number of hydrogen-bond acceptors (Lipinski definition) is 8. The number of aromatic nitrogens is 6. The van der Waals surface area contributed by atoms with Gasteiger partial charge in [0.2, 0.25) is 0 Å². The van der Waals surface area contributed by atoms with Gasteiger partial charge in [-0.15, -0.1) is 0 Å². The summed E-state index contributed by atoms with van der Waals surface area (Å²) in [6, 6.07) is 27.2. The lowest BCUT2D eigenvalue weighted by molar-refractivity contribution is 0.262. The minimum absolute atomic E-state index is 0.0572. The van der Waals surface area contributed by atoms with Gasteiger partial charge in [-0.2, -0.15) is 0 Å². The van der Waals surface area contributed by atoms with Crippen LogP contribution in [-0.2, 0) is 0 Å². The lowest BCUT2D eigenvalue weighted by Crippen LogP contribution is -2.21. The molecule has 0 aliphatic rings. The molecule has 65 heavy (non-hydrogen) atoms. The Kier molecular flexibility index (Phi) is 11.0. The number of carbonyl (C=O) groups excluding carboxylic acids is 1. The Morgan fingerprint density at radius 3 is 1.80 bits per heavy atom. The van der Waals surface area contributed by atoms with Crippen molar-refractivity contribution in [1.82, 2.24) is 29.9 Å². The predicted molar refractivity (Wildman–Crippen MR) is 259 cm³/mol. The summed E-state index contributed by atoms with van der Waals surface area (Å²) >= 11 is 11.5. The third-order valence-electron chi connectivity index (χ3n) is 10.2. The minimum Gasteiger partial charge on any atom is -0.497 e. The van der Waals surface area contributed by atoms with Crippen molar-refractivity contribution in [3.63, 3.8) is 0 Å². The van der Waals surface area contributed by atoms with Crippen molar-refractivity contribution in [1.29, 1.82) is 0 Å². The Morgan fingerprint density at radius 1 is 0.508 bits per heavy atom. The molecule has 0 radical (unpaired) electrons. The Labute approximate surface area is 375 Å². The van der Waals surface area contributed by atoms with Crippen molar-refractivity contribution >= 4 is 108 Å². The van der Waals surface area contributed by atoms with Gasteiger partial charge in [0, 0.05) is 39.3 Å². The van der Waals surface area contributed by atoms with Crippen LogP contribution >= 0.6 is 24.4 Å². The molecule has 326 valence electrons. The number of benzene rings is 6. The summed E-state index contributed by atoms with van der Waals surface area (Å²) in [5.74, 6) is 0.639. The summed E-state index contributed by atoms with van der Waals surface area (Å²) in [4.78, 5) is 70.3. The van der Waals surface area contributed by atoms with Crippen molar-refractivity contribution in [3.05, 3.63) is 140 Å². The summed E-state index contributed by atoms with van der Waals surface area (Å²) in [6.45, 7) is 0. The van der Waals surface area contributed by atoms with Crippen LogP contribution in [-0.4, -0.2) is 60.4 Å². The van der Waals surface area contributed by atoms with Crippen molar-refractivity contribution in [2.24, 2.45) is 0 Å².